The van der Waals surface area contributed by atoms with Crippen LogP contribution in [0, 0.1) is 0 Å². The van der Waals surface area contributed by atoms with Gasteiger partial charge < -0.3 is 19.4 Å². The van der Waals surface area contributed by atoms with Gasteiger partial charge in [0.15, 0.2) is 0 Å². The first-order valence-corrected chi connectivity index (χ1v) is 15.6. The summed E-state index contributed by atoms with van der Waals surface area (Å²) in [4.78, 5) is 23.1. The number of aromatic nitrogens is 3. The summed E-state index contributed by atoms with van der Waals surface area (Å²) >= 11 is 0. The third-order valence-corrected chi connectivity index (χ3v) is 10.3. The Morgan fingerprint density at radius 3 is 2.77 bits per heavy atom. The maximum absolute atomic E-state index is 13.5. The average Bonchev–Trinajstić information content (AvgIpc) is 3.50. The Bertz CT molecular complexity index is 1730. The van der Waals surface area contributed by atoms with E-state index >= 15 is 0 Å². The SMILES string of the molecule is CCC(C)S(=O)NC1OCC1c1ccc(-c2c(COC(F)F)ccc3c2[C@H]2C[C@@H](NC3=O)c3nc4ccccc4n32)cn1. The van der Waals surface area contributed by atoms with E-state index in [1.54, 1.807) is 18.3 Å². The number of ether oxygens (including phenoxy) is 2. The molecule has 4 aromatic rings. The second-order valence-corrected chi connectivity index (χ2v) is 12.8. The van der Waals surface area contributed by atoms with Gasteiger partial charge in [-0.1, -0.05) is 31.2 Å². The standard InChI is InChI=1S/C31H31F2N5O4S/c1-3-16(2)43(40)37-30-20(15-41-30)21-11-9-17(13-34-21)26-18(14-42-31(32)33)8-10-19-27(26)25-12-23(36-29(19)39)28-35-22-6-4-5-7-24(22)38(25)28/h4-11,13,16,20,23,25,30-31,37H,3,12,14-15H2,1-2H3,(H,36,39)/t16?,20?,23-,25-,30?,43?/m1/s1. The van der Waals surface area contributed by atoms with Gasteiger partial charge in [0.1, 0.15) is 12.1 Å². The number of alkyl halides is 2. The van der Waals surface area contributed by atoms with Crippen molar-refractivity contribution >= 4 is 27.9 Å². The molecule has 9 nitrogen and oxygen atoms in total. The fourth-order valence-corrected chi connectivity index (χ4v) is 7.30. The molecule has 3 aliphatic rings. The Hall–Kier alpha value is -3.58. The molecule has 1 fully saturated rings. The van der Waals surface area contributed by atoms with Crippen LogP contribution in [0.2, 0.25) is 0 Å². The first-order valence-electron chi connectivity index (χ1n) is 14.4. The highest BCUT2D eigenvalue weighted by Gasteiger charge is 2.42. The number of imidazole rings is 1. The van der Waals surface area contributed by atoms with E-state index in [0.717, 1.165) is 34.5 Å². The van der Waals surface area contributed by atoms with Gasteiger partial charge in [-0.15, -0.1) is 0 Å². The van der Waals surface area contributed by atoms with Gasteiger partial charge >= 0.3 is 6.61 Å². The van der Waals surface area contributed by atoms with Gasteiger partial charge in [-0.25, -0.2) is 13.9 Å². The Labute approximate surface area is 249 Å². The number of rotatable bonds is 9. The van der Waals surface area contributed by atoms with Crippen molar-refractivity contribution in [1.82, 2.24) is 24.6 Å². The summed E-state index contributed by atoms with van der Waals surface area (Å²) in [5.41, 5.74) is 5.64. The number of carbonyl (C=O) groups excluding carboxylic acids is 1. The minimum Gasteiger partial charge on any atom is -0.361 e. The van der Waals surface area contributed by atoms with Crippen LogP contribution in [0.15, 0.2) is 54.7 Å². The van der Waals surface area contributed by atoms with Crippen molar-refractivity contribution in [2.24, 2.45) is 0 Å². The molecule has 2 aromatic heterocycles. The van der Waals surface area contributed by atoms with Gasteiger partial charge in [0.05, 0.1) is 53.2 Å². The molecule has 2 N–H and O–H groups in total. The molecule has 4 unspecified atom stereocenters. The van der Waals surface area contributed by atoms with Crippen LogP contribution < -0.4 is 10.0 Å². The third-order valence-electron chi connectivity index (χ3n) is 8.73. The van der Waals surface area contributed by atoms with Gasteiger partial charge in [0, 0.05) is 28.3 Å². The van der Waals surface area contributed by atoms with Gasteiger partial charge in [0.2, 0.25) is 0 Å². The zero-order valence-corrected chi connectivity index (χ0v) is 24.4. The molecule has 7 rings (SSSR count). The first-order chi connectivity index (χ1) is 20.8. The Morgan fingerprint density at radius 1 is 1.21 bits per heavy atom. The molecular weight excluding hydrogens is 576 g/mol. The molecule has 1 saturated heterocycles. The van der Waals surface area contributed by atoms with Crippen LogP contribution in [0.4, 0.5) is 8.78 Å². The van der Waals surface area contributed by atoms with Crippen molar-refractivity contribution in [3.63, 3.8) is 0 Å². The number of hydrogen-bond donors (Lipinski definition) is 2. The summed E-state index contributed by atoms with van der Waals surface area (Å²) in [6, 6.07) is 14.4. The van der Waals surface area contributed by atoms with Crippen LogP contribution >= 0.6 is 0 Å². The summed E-state index contributed by atoms with van der Waals surface area (Å²) in [7, 11) is -1.24. The number of para-hydroxylation sites is 2. The van der Waals surface area contributed by atoms with Gasteiger partial charge in [-0.3, -0.25) is 9.78 Å². The second-order valence-electron chi connectivity index (χ2n) is 11.2. The van der Waals surface area contributed by atoms with E-state index in [1.807, 2.05) is 50.2 Å². The highest BCUT2D eigenvalue weighted by Crippen LogP contribution is 2.48. The van der Waals surface area contributed by atoms with E-state index in [4.69, 9.17) is 19.4 Å². The van der Waals surface area contributed by atoms with Gasteiger partial charge in [-0.2, -0.15) is 8.78 Å². The highest BCUT2D eigenvalue weighted by molar-refractivity contribution is 7.83. The predicted molar refractivity (Wildman–Crippen MR) is 157 cm³/mol. The van der Waals surface area contributed by atoms with Crippen molar-refractivity contribution in [2.45, 2.75) is 69.4 Å². The highest BCUT2D eigenvalue weighted by atomic mass is 32.2. The van der Waals surface area contributed by atoms with Crippen LogP contribution in [0.5, 0.6) is 0 Å². The van der Waals surface area contributed by atoms with E-state index < -0.39 is 23.8 Å². The molecule has 12 heteroatoms. The first kappa shape index (κ1) is 28.2. The number of carbonyl (C=O) groups is 1. The molecule has 0 spiro atoms. The van der Waals surface area contributed by atoms with E-state index in [-0.39, 0.29) is 35.8 Å². The molecule has 0 radical (unpaired) electrons. The molecule has 0 aliphatic carbocycles. The van der Waals surface area contributed by atoms with E-state index in [0.29, 0.717) is 35.3 Å². The van der Waals surface area contributed by atoms with E-state index in [9.17, 15) is 17.8 Å². The molecular formula is C31H31F2N5O4S. The predicted octanol–water partition coefficient (Wildman–Crippen LogP) is 5.11. The monoisotopic (exact) mass is 607 g/mol. The van der Waals surface area contributed by atoms with Gasteiger partial charge in [-0.05, 0) is 60.7 Å². The van der Waals surface area contributed by atoms with E-state index in [1.165, 1.54) is 0 Å². The normalized spacial score (nSPS) is 23.8. The molecule has 2 bridgehead atoms. The molecule has 43 heavy (non-hydrogen) atoms. The molecule has 3 aliphatic heterocycles. The van der Waals surface area contributed by atoms with Crippen molar-refractivity contribution in [3.05, 3.63) is 82.9 Å². The number of fused-ring (bicyclic) bond motifs is 9. The van der Waals surface area contributed by atoms with Crippen LogP contribution in [0.25, 0.3) is 22.2 Å². The topological polar surface area (TPSA) is 107 Å². The Balaban J connectivity index is 1.31. The molecule has 2 aromatic carbocycles. The quantitative estimate of drug-likeness (QED) is 0.274. The summed E-state index contributed by atoms with van der Waals surface area (Å²) in [5, 5.41) is 3.12. The second kappa shape index (κ2) is 11.2. The lowest BCUT2D eigenvalue weighted by Gasteiger charge is -2.37. The number of amides is 1. The molecule has 224 valence electrons. The van der Waals surface area contributed by atoms with Crippen molar-refractivity contribution in [3.8, 4) is 11.1 Å². The smallest absolute Gasteiger partial charge is 0.345 e. The lowest BCUT2D eigenvalue weighted by atomic mass is 9.86. The number of halogens is 2. The zero-order valence-electron chi connectivity index (χ0n) is 23.6. The fraction of sp³-hybridized carbons (Fsp3) is 0.387. The van der Waals surface area contributed by atoms with Crippen molar-refractivity contribution in [2.75, 3.05) is 6.61 Å². The average molecular weight is 608 g/mol. The Kier molecular flexibility index (Phi) is 7.32. The number of benzene rings is 2. The summed E-state index contributed by atoms with van der Waals surface area (Å²) in [5.74, 6) is 0.456. The summed E-state index contributed by atoms with van der Waals surface area (Å²) < 4.78 is 54.7. The number of pyridine rings is 1. The molecule has 6 atom stereocenters. The third kappa shape index (κ3) is 4.86. The lowest BCUT2D eigenvalue weighted by Crippen LogP contribution is -2.50. The maximum Gasteiger partial charge on any atom is 0.345 e. The largest absolute Gasteiger partial charge is 0.361 e. The number of nitrogens with zero attached hydrogens (tertiary/aromatic N) is 3. The van der Waals surface area contributed by atoms with Crippen LogP contribution in [0.3, 0.4) is 0 Å². The van der Waals surface area contributed by atoms with E-state index in [2.05, 4.69) is 14.6 Å². The maximum atomic E-state index is 13.5. The lowest BCUT2D eigenvalue weighted by molar-refractivity contribution is -0.137. The summed E-state index contributed by atoms with van der Waals surface area (Å²) in [6.07, 6.45) is 2.66. The minimum atomic E-state index is -2.94. The molecule has 1 amide bonds. The van der Waals surface area contributed by atoms with Crippen LogP contribution in [-0.4, -0.2) is 49.3 Å². The van der Waals surface area contributed by atoms with Gasteiger partial charge in [0.25, 0.3) is 5.91 Å². The molecule has 0 saturated carbocycles. The zero-order chi connectivity index (χ0) is 29.8. The Morgan fingerprint density at radius 2 is 2.05 bits per heavy atom. The number of hydrogen-bond acceptors (Lipinski definition) is 6. The van der Waals surface area contributed by atoms with Crippen LogP contribution in [0.1, 0.15) is 77.7 Å². The van der Waals surface area contributed by atoms with Crippen molar-refractivity contribution in [1.29, 1.82) is 0 Å². The minimum absolute atomic E-state index is 0.0112. The van der Waals surface area contributed by atoms with Crippen molar-refractivity contribution < 1.29 is 27.3 Å². The molecule has 5 heterocycles. The fourth-order valence-electron chi connectivity index (χ4n) is 6.30. The van der Waals surface area contributed by atoms with Crippen LogP contribution in [-0.2, 0) is 27.1 Å². The summed E-state index contributed by atoms with van der Waals surface area (Å²) in [6.45, 7) is 1.07. The number of nitrogens with one attached hydrogen (secondary N) is 2.